The van der Waals surface area contributed by atoms with Crippen LogP contribution in [0.1, 0.15) is 22.3 Å². The number of aryl methyl sites for hydroxylation is 1. The smallest absolute Gasteiger partial charge is 0.317 e. The number of benzene rings is 2. The van der Waals surface area contributed by atoms with Gasteiger partial charge in [-0.25, -0.2) is 0 Å². The fourth-order valence-electron chi connectivity index (χ4n) is 2.35. The molecule has 2 aromatic carbocycles. The molecule has 0 heterocycles. The number of hydrogen-bond donors (Lipinski definition) is 3. The SMILES string of the molecule is Cc1ccc(/C(=N\O)c2ccc([N+](=O)[O-])c(CNCC(=O)O)c2)cc1. The molecule has 0 aliphatic rings. The van der Waals surface area contributed by atoms with Crippen LogP contribution >= 0.6 is 0 Å². The van der Waals surface area contributed by atoms with Crippen molar-refractivity contribution in [3.8, 4) is 0 Å². The predicted octanol–water partition coefficient (Wildman–Crippen LogP) is 2.30. The van der Waals surface area contributed by atoms with Gasteiger partial charge in [-0.3, -0.25) is 14.9 Å². The number of nitro benzene ring substituents is 1. The summed E-state index contributed by atoms with van der Waals surface area (Å²) in [4.78, 5) is 21.2. The maximum atomic E-state index is 11.2. The lowest BCUT2D eigenvalue weighted by Gasteiger charge is -2.09. The Bertz CT molecular complexity index is 816. The van der Waals surface area contributed by atoms with E-state index in [0.717, 1.165) is 5.56 Å². The van der Waals surface area contributed by atoms with Crippen LogP contribution in [0.2, 0.25) is 0 Å². The maximum absolute atomic E-state index is 11.2. The van der Waals surface area contributed by atoms with E-state index in [1.165, 1.54) is 18.2 Å². The van der Waals surface area contributed by atoms with Crippen molar-refractivity contribution in [2.75, 3.05) is 6.54 Å². The molecule has 8 heteroatoms. The van der Waals surface area contributed by atoms with Gasteiger partial charge in [-0.2, -0.15) is 0 Å². The molecule has 2 aromatic rings. The monoisotopic (exact) mass is 343 g/mol. The summed E-state index contributed by atoms with van der Waals surface area (Å²) in [7, 11) is 0. The van der Waals surface area contributed by atoms with Crippen LogP contribution in [0, 0.1) is 17.0 Å². The van der Waals surface area contributed by atoms with E-state index in [1.807, 2.05) is 19.1 Å². The van der Waals surface area contributed by atoms with Crippen LogP contribution in [0.15, 0.2) is 47.6 Å². The minimum Gasteiger partial charge on any atom is -0.480 e. The van der Waals surface area contributed by atoms with Crippen LogP contribution in [0.3, 0.4) is 0 Å². The molecule has 0 bridgehead atoms. The van der Waals surface area contributed by atoms with Gasteiger partial charge in [0.25, 0.3) is 5.69 Å². The Hall–Kier alpha value is -3.26. The van der Waals surface area contributed by atoms with E-state index in [2.05, 4.69) is 10.5 Å². The average Bonchev–Trinajstić information content (AvgIpc) is 2.57. The summed E-state index contributed by atoms with van der Waals surface area (Å²) in [6.45, 7) is 1.61. The number of nitrogens with zero attached hydrogens (tertiary/aromatic N) is 2. The summed E-state index contributed by atoms with van der Waals surface area (Å²) < 4.78 is 0. The fraction of sp³-hybridized carbons (Fsp3) is 0.176. The molecule has 0 saturated carbocycles. The van der Waals surface area contributed by atoms with E-state index < -0.39 is 10.9 Å². The number of carbonyl (C=O) groups is 1. The van der Waals surface area contributed by atoms with Crippen molar-refractivity contribution in [1.82, 2.24) is 5.32 Å². The number of carboxylic acids is 1. The van der Waals surface area contributed by atoms with Crippen molar-refractivity contribution in [1.29, 1.82) is 0 Å². The Morgan fingerprint density at radius 1 is 1.20 bits per heavy atom. The summed E-state index contributed by atoms with van der Waals surface area (Å²) in [6, 6.07) is 11.6. The van der Waals surface area contributed by atoms with Gasteiger partial charge in [0.2, 0.25) is 0 Å². The molecule has 8 nitrogen and oxygen atoms in total. The first-order valence-electron chi connectivity index (χ1n) is 7.41. The lowest BCUT2D eigenvalue weighted by molar-refractivity contribution is -0.385. The Morgan fingerprint density at radius 3 is 2.40 bits per heavy atom. The van der Waals surface area contributed by atoms with Crippen molar-refractivity contribution < 1.29 is 20.0 Å². The molecule has 130 valence electrons. The second-order valence-electron chi connectivity index (χ2n) is 5.41. The van der Waals surface area contributed by atoms with Gasteiger partial charge in [-0.05, 0) is 19.1 Å². The second kappa shape index (κ2) is 8.02. The maximum Gasteiger partial charge on any atom is 0.317 e. The number of carboxylic acid groups (broad SMARTS) is 1. The van der Waals surface area contributed by atoms with E-state index in [1.54, 1.807) is 12.1 Å². The normalized spacial score (nSPS) is 11.3. The van der Waals surface area contributed by atoms with Crippen LogP contribution in [0.5, 0.6) is 0 Å². The topological polar surface area (TPSA) is 125 Å². The number of nitro groups is 1. The zero-order valence-electron chi connectivity index (χ0n) is 13.5. The van der Waals surface area contributed by atoms with Gasteiger partial charge in [-0.15, -0.1) is 0 Å². The number of oxime groups is 1. The van der Waals surface area contributed by atoms with Crippen LogP contribution in [0.25, 0.3) is 0 Å². The lowest BCUT2D eigenvalue weighted by Crippen LogP contribution is -2.22. The molecule has 3 N–H and O–H groups in total. The molecule has 0 atom stereocenters. The molecular formula is C17H17N3O5. The van der Waals surface area contributed by atoms with Crippen molar-refractivity contribution in [2.45, 2.75) is 13.5 Å². The van der Waals surface area contributed by atoms with Crippen molar-refractivity contribution in [3.05, 3.63) is 74.8 Å². The molecule has 0 saturated heterocycles. The first kappa shape index (κ1) is 18.1. The molecule has 0 spiro atoms. The zero-order chi connectivity index (χ0) is 18.4. The molecule has 0 aromatic heterocycles. The van der Waals surface area contributed by atoms with E-state index in [-0.39, 0.29) is 24.5 Å². The van der Waals surface area contributed by atoms with Gasteiger partial charge >= 0.3 is 5.97 Å². The summed E-state index contributed by atoms with van der Waals surface area (Å²) in [5, 5.41) is 35.1. The van der Waals surface area contributed by atoms with Crippen LogP contribution in [0.4, 0.5) is 5.69 Å². The highest BCUT2D eigenvalue weighted by atomic mass is 16.6. The third kappa shape index (κ3) is 4.61. The van der Waals surface area contributed by atoms with Gasteiger partial charge in [0, 0.05) is 29.3 Å². The third-order valence-electron chi connectivity index (χ3n) is 3.57. The van der Waals surface area contributed by atoms with Gasteiger partial charge < -0.3 is 15.6 Å². The summed E-state index contributed by atoms with van der Waals surface area (Å²) >= 11 is 0. The summed E-state index contributed by atoms with van der Waals surface area (Å²) in [6.07, 6.45) is 0. The number of aliphatic carboxylic acids is 1. The van der Waals surface area contributed by atoms with Crippen molar-refractivity contribution in [3.63, 3.8) is 0 Å². The fourth-order valence-corrected chi connectivity index (χ4v) is 2.35. The van der Waals surface area contributed by atoms with E-state index >= 15 is 0 Å². The van der Waals surface area contributed by atoms with Crippen LogP contribution < -0.4 is 5.32 Å². The predicted molar refractivity (Wildman–Crippen MR) is 91.0 cm³/mol. The highest BCUT2D eigenvalue weighted by molar-refractivity contribution is 6.12. The molecule has 25 heavy (non-hydrogen) atoms. The molecule has 2 rings (SSSR count). The lowest BCUT2D eigenvalue weighted by atomic mass is 9.99. The summed E-state index contributed by atoms with van der Waals surface area (Å²) in [5.41, 5.74) is 2.63. The first-order chi connectivity index (χ1) is 11.9. The average molecular weight is 343 g/mol. The highest BCUT2D eigenvalue weighted by Gasteiger charge is 2.17. The molecule has 0 fully saturated rings. The minimum absolute atomic E-state index is 0.00304. The first-order valence-corrected chi connectivity index (χ1v) is 7.41. The Morgan fingerprint density at radius 2 is 1.84 bits per heavy atom. The van der Waals surface area contributed by atoms with Crippen molar-refractivity contribution in [2.24, 2.45) is 5.16 Å². The second-order valence-corrected chi connectivity index (χ2v) is 5.41. The van der Waals surface area contributed by atoms with E-state index in [4.69, 9.17) is 5.11 Å². The molecule has 0 amide bonds. The molecule has 0 radical (unpaired) electrons. The van der Waals surface area contributed by atoms with E-state index in [0.29, 0.717) is 16.7 Å². The zero-order valence-corrected chi connectivity index (χ0v) is 13.5. The Kier molecular flexibility index (Phi) is 5.80. The highest BCUT2D eigenvalue weighted by Crippen LogP contribution is 2.22. The van der Waals surface area contributed by atoms with Gasteiger partial charge in [0.1, 0.15) is 5.71 Å². The van der Waals surface area contributed by atoms with Gasteiger partial charge in [0.15, 0.2) is 0 Å². The van der Waals surface area contributed by atoms with Gasteiger partial charge in [0.05, 0.1) is 11.5 Å². The van der Waals surface area contributed by atoms with Crippen LogP contribution in [-0.4, -0.2) is 33.5 Å². The largest absolute Gasteiger partial charge is 0.480 e. The molecule has 0 aliphatic carbocycles. The van der Waals surface area contributed by atoms with Crippen LogP contribution in [-0.2, 0) is 11.3 Å². The molecular weight excluding hydrogens is 326 g/mol. The number of rotatable bonds is 7. The number of hydrogen-bond acceptors (Lipinski definition) is 6. The third-order valence-corrected chi connectivity index (χ3v) is 3.57. The molecule has 0 unspecified atom stereocenters. The molecule has 0 aliphatic heterocycles. The number of nitrogens with one attached hydrogen (secondary N) is 1. The minimum atomic E-state index is -1.06. The van der Waals surface area contributed by atoms with E-state index in [9.17, 15) is 20.1 Å². The van der Waals surface area contributed by atoms with Gasteiger partial charge in [-0.1, -0.05) is 35.0 Å². The van der Waals surface area contributed by atoms with Crippen molar-refractivity contribution >= 4 is 17.4 Å². The summed E-state index contributed by atoms with van der Waals surface area (Å²) in [5.74, 6) is -1.06. The standard InChI is InChI=1S/C17H17N3O5/c1-11-2-4-12(5-3-11)17(19-23)13-6-7-15(20(24)25)14(8-13)9-18-10-16(21)22/h2-8,18,23H,9-10H2,1H3,(H,21,22)/b19-17+. The Labute approximate surface area is 143 Å². The Balaban J connectivity index is 2.38. The quantitative estimate of drug-likeness (QED) is 0.306.